The zero-order chi connectivity index (χ0) is 18.1. The van der Waals surface area contributed by atoms with E-state index in [9.17, 15) is 4.79 Å². The summed E-state index contributed by atoms with van der Waals surface area (Å²) in [5.41, 5.74) is 10.8. The van der Waals surface area contributed by atoms with E-state index in [1.54, 1.807) is 28.6 Å². The molecule has 0 saturated carbocycles. The van der Waals surface area contributed by atoms with Gasteiger partial charge < -0.3 is 11.1 Å². The Hall–Kier alpha value is -2.38. The van der Waals surface area contributed by atoms with Gasteiger partial charge in [-0.05, 0) is 49.2 Å². The summed E-state index contributed by atoms with van der Waals surface area (Å²) in [6, 6.07) is 13.3. The molecule has 26 heavy (non-hydrogen) atoms. The Morgan fingerprint density at radius 1 is 1.23 bits per heavy atom. The third-order valence-electron chi connectivity index (χ3n) is 4.55. The Kier molecular flexibility index (Phi) is 4.42. The predicted molar refractivity (Wildman–Crippen MR) is 110 cm³/mol. The molecule has 1 aliphatic rings. The second-order valence-corrected chi connectivity index (χ2v) is 8.39. The summed E-state index contributed by atoms with van der Waals surface area (Å²) in [4.78, 5) is 21.4. The van der Waals surface area contributed by atoms with Gasteiger partial charge in [-0.15, -0.1) is 11.3 Å². The number of carbonyl (C=O) groups is 1. The van der Waals surface area contributed by atoms with Crippen molar-refractivity contribution in [3.63, 3.8) is 0 Å². The van der Waals surface area contributed by atoms with Crippen LogP contribution in [-0.4, -0.2) is 21.8 Å². The maximum atomic E-state index is 12.5. The molecule has 1 unspecified atom stereocenters. The summed E-state index contributed by atoms with van der Waals surface area (Å²) in [7, 11) is 0. The molecule has 0 spiro atoms. The van der Waals surface area contributed by atoms with Crippen molar-refractivity contribution in [2.45, 2.75) is 18.9 Å². The van der Waals surface area contributed by atoms with Gasteiger partial charge in [0.15, 0.2) is 5.17 Å². The lowest BCUT2D eigenvalue weighted by molar-refractivity contribution is 0.102. The second kappa shape index (κ2) is 6.74. The van der Waals surface area contributed by atoms with Crippen molar-refractivity contribution in [3.8, 4) is 0 Å². The van der Waals surface area contributed by atoms with Gasteiger partial charge in [-0.1, -0.05) is 23.9 Å². The Balaban J connectivity index is 1.52. The number of carbonyl (C=O) groups excluding carboxylic acids is 1. The van der Waals surface area contributed by atoms with Crippen molar-refractivity contribution in [2.75, 3.05) is 11.1 Å². The number of aromatic nitrogens is 1. The number of thiazole rings is 1. The molecule has 2 heterocycles. The van der Waals surface area contributed by atoms with Gasteiger partial charge in [0.05, 0.1) is 21.3 Å². The van der Waals surface area contributed by atoms with E-state index < -0.39 is 0 Å². The minimum Gasteiger partial charge on any atom is -0.379 e. The number of fused-ring (bicyclic) bond motifs is 1. The number of amides is 1. The van der Waals surface area contributed by atoms with E-state index in [-0.39, 0.29) is 11.4 Å². The Labute approximate surface area is 159 Å². The Bertz CT molecular complexity index is 996. The molecule has 0 fully saturated rings. The van der Waals surface area contributed by atoms with Gasteiger partial charge in [0.2, 0.25) is 0 Å². The highest BCUT2D eigenvalue weighted by atomic mass is 32.2. The molecule has 7 heteroatoms. The van der Waals surface area contributed by atoms with E-state index in [1.165, 1.54) is 0 Å². The maximum absolute atomic E-state index is 12.5. The molecule has 1 atom stereocenters. The number of aliphatic imine (C=N–C) groups is 1. The number of nitrogens with zero attached hydrogens (tertiary/aromatic N) is 2. The van der Waals surface area contributed by atoms with Crippen molar-refractivity contribution >= 4 is 50.1 Å². The van der Waals surface area contributed by atoms with E-state index >= 15 is 0 Å². The van der Waals surface area contributed by atoms with E-state index in [0.29, 0.717) is 10.7 Å². The molecular formula is C19H18N4OS2. The van der Waals surface area contributed by atoms with E-state index in [1.807, 2.05) is 42.5 Å². The van der Waals surface area contributed by atoms with Gasteiger partial charge >= 0.3 is 0 Å². The van der Waals surface area contributed by atoms with Crippen molar-refractivity contribution < 1.29 is 4.79 Å². The fourth-order valence-electron chi connectivity index (χ4n) is 3.01. The average molecular weight is 383 g/mol. The fourth-order valence-corrected chi connectivity index (χ4v) is 4.70. The van der Waals surface area contributed by atoms with Crippen molar-refractivity contribution in [2.24, 2.45) is 10.7 Å². The molecule has 0 radical (unpaired) electrons. The smallest absolute Gasteiger partial charge is 0.255 e. The summed E-state index contributed by atoms with van der Waals surface area (Å²) < 4.78 is 1.05. The minimum absolute atomic E-state index is 0.132. The molecule has 0 bridgehead atoms. The number of thioether (sulfide) groups is 1. The van der Waals surface area contributed by atoms with Crippen LogP contribution in [0, 0.1) is 0 Å². The summed E-state index contributed by atoms with van der Waals surface area (Å²) in [6.45, 7) is 2.08. The van der Waals surface area contributed by atoms with Gasteiger partial charge in [0.25, 0.3) is 5.91 Å². The van der Waals surface area contributed by atoms with Gasteiger partial charge in [0, 0.05) is 17.0 Å². The largest absolute Gasteiger partial charge is 0.379 e. The lowest BCUT2D eigenvalue weighted by Crippen LogP contribution is -2.28. The van der Waals surface area contributed by atoms with Crippen LogP contribution < -0.4 is 11.1 Å². The topological polar surface area (TPSA) is 80.4 Å². The first-order valence-corrected chi connectivity index (χ1v) is 10.1. The number of nitrogens with two attached hydrogens (primary N) is 1. The number of benzene rings is 2. The lowest BCUT2D eigenvalue weighted by Gasteiger charge is -2.29. The highest BCUT2D eigenvalue weighted by molar-refractivity contribution is 8.13. The molecule has 1 aromatic heterocycles. The average Bonchev–Trinajstić information content (AvgIpc) is 3.09. The van der Waals surface area contributed by atoms with Crippen LogP contribution in [0.1, 0.15) is 29.3 Å². The Morgan fingerprint density at radius 3 is 2.81 bits per heavy atom. The van der Waals surface area contributed by atoms with E-state index in [4.69, 9.17) is 5.73 Å². The van der Waals surface area contributed by atoms with Crippen LogP contribution in [0.2, 0.25) is 0 Å². The zero-order valence-corrected chi connectivity index (χ0v) is 15.9. The van der Waals surface area contributed by atoms with E-state index in [2.05, 4.69) is 22.2 Å². The molecule has 0 saturated heterocycles. The van der Waals surface area contributed by atoms with Crippen molar-refractivity contribution in [1.82, 2.24) is 4.98 Å². The quantitative estimate of drug-likeness (QED) is 0.711. The summed E-state index contributed by atoms with van der Waals surface area (Å²) >= 11 is 3.14. The van der Waals surface area contributed by atoms with Gasteiger partial charge in [-0.25, -0.2) is 4.98 Å². The first-order chi connectivity index (χ1) is 12.5. The first-order valence-electron chi connectivity index (χ1n) is 8.27. The second-order valence-electron chi connectivity index (χ2n) is 6.39. The maximum Gasteiger partial charge on any atom is 0.255 e. The van der Waals surface area contributed by atoms with Crippen molar-refractivity contribution in [1.29, 1.82) is 0 Å². The number of hydrogen-bond acceptors (Lipinski definition) is 6. The molecule has 3 aromatic rings. The third kappa shape index (κ3) is 3.32. The van der Waals surface area contributed by atoms with Gasteiger partial charge in [0.1, 0.15) is 0 Å². The highest BCUT2D eigenvalue weighted by Crippen LogP contribution is 2.35. The molecule has 4 rings (SSSR count). The fraction of sp³-hybridized carbons (Fsp3) is 0.211. The van der Waals surface area contributed by atoms with E-state index in [0.717, 1.165) is 33.6 Å². The van der Waals surface area contributed by atoms with Gasteiger partial charge in [-0.3, -0.25) is 9.79 Å². The molecule has 0 aliphatic carbocycles. The zero-order valence-electron chi connectivity index (χ0n) is 14.2. The van der Waals surface area contributed by atoms with Crippen LogP contribution >= 0.6 is 23.1 Å². The number of amidine groups is 1. The molecular weight excluding hydrogens is 364 g/mol. The summed E-state index contributed by atoms with van der Waals surface area (Å²) in [6.07, 6.45) is 0.929. The molecule has 3 N–H and O–H groups in total. The monoisotopic (exact) mass is 382 g/mol. The predicted octanol–water partition coefficient (Wildman–Crippen LogP) is 4.22. The minimum atomic E-state index is -0.318. The first kappa shape index (κ1) is 17.1. The summed E-state index contributed by atoms with van der Waals surface area (Å²) in [5, 5.41) is 3.57. The lowest BCUT2D eigenvalue weighted by atomic mass is 9.89. The highest BCUT2D eigenvalue weighted by Gasteiger charge is 2.29. The standard InChI is InChI=1S/C19H18N4OS2/c1-19(8-9-25-18(20)23-19)13-4-2-12(3-5-13)17(24)22-14-6-7-15-16(10-14)26-11-21-15/h2-7,10-11H,8-9H2,1H3,(H2,20,23)(H,22,24). The third-order valence-corrected chi connectivity index (χ3v) is 6.14. The van der Waals surface area contributed by atoms with Gasteiger partial charge in [-0.2, -0.15) is 0 Å². The molecule has 1 aliphatic heterocycles. The number of rotatable bonds is 3. The van der Waals surface area contributed by atoms with Crippen molar-refractivity contribution in [3.05, 3.63) is 59.1 Å². The number of anilines is 1. The number of hydrogen-bond donors (Lipinski definition) is 2. The van der Waals surface area contributed by atoms with Crippen LogP contribution in [0.15, 0.2) is 53.0 Å². The van der Waals surface area contributed by atoms with Crippen LogP contribution in [0.25, 0.3) is 10.2 Å². The Morgan fingerprint density at radius 2 is 2.04 bits per heavy atom. The number of nitrogens with one attached hydrogen (secondary N) is 1. The SMILES string of the molecule is CC1(c2ccc(C(=O)Nc3ccc4ncsc4c3)cc2)CCSC(N)=N1. The van der Waals surface area contributed by atoms with Crippen LogP contribution in [-0.2, 0) is 5.54 Å². The van der Waals surface area contributed by atoms with Crippen LogP contribution in [0.5, 0.6) is 0 Å². The van der Waals surface area contributed by atoms with Crippen LogP contribution in [0.4, 0.5) is 5.69 Å². The molecule has 1 amide bonds. The molecule has 5 nitrogen and oxygen atoms in total. The normalized spacial score (nSPS) is 20.0. The molecule has 132 valence electrons. The van der Waals surface area contributed by atoms with Crippen LogP contribution in [0.3, 0.4) is 0 Å². The summed E-state index contributed by atoms with van der Waals surface area (Å²) in [5.74, 6) is 0.821. The molecule has 2 aromatic carbocycles.